The first-order valence-corrected chi connectivity index (χ1v) is 11.9. The van der Waals surface area contributed by atoms with Crippen LogP contribution in [0.3, 0.4) is 0 Å². The van der Waals surface area contributed by atoms with Gasteiger partial charge < -0.3 is 19.5 Å². The Balaban J connectivity index is 1.57. The van der Waals surface area contributed by atoms with Gasteiger partial charge in [0.2, 0.25) is 0 Å². The number of pyridine rings is 1. The van der Waals surface area contributed by atoms with Crippen molar-refractivity contribution in [1.82, 2.24) is 10.3 Å². The molecule has 0 bridgehead atoms. The van der Waals surface area contributed by atoms with Crippen LogP contribution in [0.5, 0.6) is 0 Å². The summed E-state index contributed by atoms with van der Waals surface area (Å²) in [6.07, 6.45) is 1.79. The molecule has 1 aliphatic rings. The number of halogens is 2. The Kier molecular flexibility index (Phi) is 6.21. The lowest BCUT2D eigenvalue weighted by atomic mass is 10.0. The highest BCUT2D eigenvalue weighted by Crippen LogP contribution is 2.43. The van der Waals surface area contributed by atoms with E-state index in [9.17, 15) is 0 Å². The van der Waals surface area contributed by atoms with Crippen LogP contribution in [0.15, 0.2) is 83.4 Å². The molecule has 0 spiro atoms. The van der Waals surface area contributed by atoms with Crippen LogP contribution in [0, 0.1) is 0 Å². The predicted molar refractivity (Wildman–Crippen MR) is 143 cm³/mol. The molecule has 34 heavy (non-hydrogen) atoms. The van der Waals surface area contributed by atoms with Gasteiger partial charge in [-0.1, -0.05) is 29.3 Å². The molecule has 4 aromatic rings. The van der Waals surface area contributed by atoms with Gasteiger partial charge in [0.15, 0.2) is 5.11 Å². The standard InChI is InChI=1S/C26H22Cl2N4OS/c1-31(2)17-7-9-18(10-8-17)32-25(24(30-26(32)34)21-5-3-4-14-29-21)23-13-12-22(33-23)16-6-11-19(27)20(28)15-16/h3-15,24-25H,1-2H3,(H,30,34). The molecular weight excluding hydrogens is 487 g/mol. The van der Waals surface area contributed by atoms with Crippen molar-refractivity contribution in [3.63, 3.8) is 0 Å². The van der Waals surface area contributed by atoms with Crippen molar-refractivity contribution >= 4 is 51.9 Å². The van der Waals surface area contributed by atoms with E-state index in [1.54, 1.807) is 18.3 Å². The van der Waals surface area contributed by atoms with Gasteiger partial charge in [0, 0.05) is 37.2 Å². The molecule has 1 fully saturated rings. The number of rotatable bonds is 5. The van der Waals surface area contributed by atoms with E-state index in [2.05, 4.69) is 44.4 Å². The highest BCUT2D eigenvalue weighted by Gasteiger charge is 2.42. The van der Waals surface area contributed by atoms with Crippen LogP contribution in [-0.4, -0.2) is 24.2 Å². The van der Waals surface area contributed by atoms with E-state index >= 15 is 0 Å². The summed E-state index contributed by atoms with van der Waals surface area (Å²) in [6, 6.07) is 23.1. The zero-order valence-corrected chi connectivity index (χ0v) is 20.9. The van der Waals surface area contributed by atoms with Gasteiger partial charge in [-0.3, -0.25) is 4.98 Å². The molecule has 1 saturated heterocycles. The molecule has 5 nitrogen and oxygen atoms in total. The molecule has 0 amide bonds. The van der Waals surface area contributed by atoms with Crippen molar-refractivity contribution in [1.29, 1.82) is 0 Å². The summed E-state index contributed by atoms with van der Waals surface area (Å²) in [5, 5.41) is 5.06. The fourth-order valence-electron chi connectivity index (χ4n) is 4.15. The highest BCUT2D eigenvalue weighted by molar-refractivity contribution is 7.80. The maximum atomic E-state index is 6.38. The van der Waals surface area contributed by atoms with Crippen molar-refractivity contribution in [2.75, 3.05) is 23.9 Å². The first-order chi connectivity index (χ1) is 16.4. The summed E-state index contributed by atoms with van der Waals surface area (Å²) in [6.45, 7) is 0. The Morgan fingerprint density at radius 3 is 2.44 bits per heavy atom. The fourth-order valence-corrected chi connectivity index (χ4v) is 4.79. The van der Waals surface area contributed by atoms with Gasteiger partial charge in [0.1, 0.15) is 17.6 Å². The summed E-state index contributed by atoms with van der Waals surface area (Å²) < 4.78 is 6.38. The number of hydrogen-bond donors (Lipinski definition) is 1. The molecule has 1 N–H and O–H groups in total. The molecule has 2 aromatic heterocycles. The Hall–Kier alpha value is -3.06. The minimum Gasteiger partial charge on any atom is -0.459 e. The minimum atomic E-state index is -0.232. The lowest BCUT2D eigenvalue weighted by Gasteiger charge is -2.26. The third kappa shape index (κ3) is 4.25. The number of benzene rings is 2. The van der Waals surface area contributed by atoms with Crippen molar-refractivity contribution in [2.24, 2.45) is 0 Å². The summed E-state index contributed by atoms with van der Waals surface area (Å²) >= 11 is 18.1. The van der Waals surface area contributed by atoms with Gasteiger partial charge in [-0.25, -0.2) is 0 Å². The average Bonchev–Trinajstić information content (AvgIpc) is 3.46. The van der Waals surface area contributed by atoms with E-state index in [4.69, 9.17) is 39.8 Å². The summed E-state index contributed by atoms with van der Waals surface area (Å²) in [7, 11) is 4.04. The van der Waals surface area contributed by atoms with Crippen LogP contribution in [0.2, 0.25) is 10.0 Å². The molecule has 8 heteroatoms. The van der Waals surface area contributed by atoms with Crippen molar-refractivity contribution < 1.29 is 4.42 Å². The first-order valence-electron chi connectivity index (χ1n) is 10.8. The number of nitrogens with zero attached hydrogens (tertiary/aromatic N) is 3. The van der Waals surface area contributed by atoms with Crippen molar-refractivity contribution in [3.05, 3.63) is 100 Å². The highest BCUT2D eigenvalue weighted by atomic mass is 35.5. The summed E-state index contributed by atoms with van der Waals surface area (Å²) in [5.74, 6) is 1.47. The van der Waals surface area contributed by atoms with Crippen LogP contribution in [0.1, 0.15) is 23.5 Å². The van der Waals surface area contributed by atoms with Gasteiger partial charge in [-0.05, 0) is 78.9 Å². The van der Waals surface area contributed by atoms with Crippen LogP contribution in [0.4, 0.5) is 11.4 Å². The van der Waals surface area contributed by atoms with Crippen LogP contribution in [0.25, 0.3) is 11.3 Å². The maximum Gasteiger partial charge on any atom is 0.174 e. The molecule has 2 unspecified atom stereocenters. The van der Waals surface area contributed by atoms with E-state index < -0.39 is 0 Å². The Labute approximate surface area is 213 Å². The molecule has 0 aliphatic carbocycles. The van der Waals surface area contributed by atoms with Gasteiger partial charge in [0.25, 0.3) is 0 Å². The zero-order chi connectivity index (χ0) is 23.8. The second-order valence-corrected chi connectivity index (χ2v) is 9.44. The molecule has 172 valence electrons. The molecule has 0 radical (unpaired) electrons. The number of hydrogen-bond acceptors (Lipinski definition) is 4. The number of thiocarbonyl (C=S) groups is 1. The smallest absolute Gasteiger partial charge is 0.174 e. The van der Waals surface area contributed by atoms with E-state index in [1.165, 1.54) is 0 Å². The largest absolute Gasteiger partial charge is 0.459 e. The first kappa shape index (κ1) is 22.7. The molecular formula is C26H22Cl2N4OS. The normalized spacial score (nSPS) is 17.6. The average molecular weight is 509 g/mol. The predicted octanol–water partition coefficient (Wildman–Crippen LogP) is 6.89. The number of furan rings is 1. The Morgan fingerprint density at radius 1 is 0.971 bits per heavy atom. The fraction of sp³-hybridized carbons (Fsp3) is 0.154. The van der Waals surface area contributed by atoms with Crippen LogP contribution >= 0.6 is 35.4 Å². The monoisotopic (exact) mass is 508 g/mol. The SMILES string of the molecule is CN(C)c1ccc(N2C(=S)NC(c3ccccn3)C2c2ccc(-c3ccc(Cl)c(Cl)c3)o2)cc1. The van der Waals surface area contributed by atoms with Crippen molar-refractivity contribution in [2.45, 2.75) is 12.1 Å². The Bertz CT molecular complexity index is 1320. The van der Waals surface area contributed by atoms with Gasteiger partial charge in [-0.15, -0.1) is 0 Å². The molecule has 1 aliphatic heterocycles. The Morgan fingerprint density at radius 2 is 1.76 bits per heavy atom. The molecule has 2 aromatic carbocycles. The third-order valence-electron chi connectivity index (χ3n) is 5.86. The maximum absolute atomic E-state index is 6.38. The van der Waals surface area contributed by atoms with Gasteiger partial charge >= 0.3 is 0 Å². The van der Waals surface area contributed by atoms with Gasteiger partial charge in [0.05, 0.1) is 21.8 Å². The second kappa shape index (κ2) is 9.29. The minimum absolute atomic E-state index is 0.185. The number of aromatic nitrogens is 1. The quantitative estimate of drug-likeness (QED) is 0.296. The van der Waals surface area contributed by atoms with Crippen LogP contribution in [-0.2, 0) is 0 Å². The van der Waals surface area contributed by atoms with E-state index in [0.29, 0.717) is 20.9 Å². The molecule has 0 saturated carbocycles. The zero-order valence-electron chi connectivity index (χ0n) is 18.6. The van der Waals surface area contributed by atoms with E-state index in [0.717, 1.165) is 28.4 Å². The topological polar surface area (TPSA) is 44.5 Å². The number of nitrogens with one attached hydrogen (secondary N) is 1. The summed E-state index contributed by atoms with van der Waals surface area (Å²) in [4.78, 5) is 8.75. The molecule has 5 rings (SSSR count). The second-order valence-electron chi connectivity index (χ2n) is 8.24. The molecule has 3 heterocycles. The lowest BCUT2D eigenvalue weighted by molar-refractivity contribution is 0.439. The third-order valence-corrected chi connectivity index (χ3v) is 6.92. The van der Waals surface area contributed by atoms with Crippen LogP contribution < -0.4 is 15.1 Å². The number of anilines is 2. The summed E-state index contributed by atoms with van der Waals surface area (Å²) in [5.41, 5.74) is 3.82. The van der Waals surface area contributed by atoms with E-state index in [1.807, 2.05) is 50.5 Å². The van der Waals surface area contributed by atoms with Crippen molar-refractivity contribution in [3.8, 4) is 11.3 Å². The lowest BCUT2D eigenvalue weighted by Crippen LogP contribution is -2.29. The molecule has 2 atom stereocenters. The van der Waals surface area contributed by atoms with E-state index in [-0.39, 0.29) is 12.1 Å². The van der Waals surface area contributed by atoms with Gasteiger partial charge in [-0.2, -0.15) is 0 Å².